The number of carbonyl (C=O) groups is 5. The molecule has 11 nitrogen and oxygen atoms in total. The third-order valence-electron chi connectivity index (χ3n) is 9.69. The number of carbonyl (C=O) groups excluding carboxylic acids is 5. The minimum absolute atomic E-state index is 0.130. The van der Waals surface area contributed by atoms with E-state index in [1.54, 1.807) is 17.4 Å². The van der Waals surface area contributed by atoms with E-state index in [1.165, 1.54) is 0 Å². The van der Waals surface area contributed by atoms with Gasteiger partial charge in [0, 0.05) is 12.1 Å². The van der Waals surface area contributed by atoms with Crippen molar-refractivity contribution >= 4 is 29.5 Å². The first-order valence-corrected chi connectivity index (χ1v) is 16.7. The van der Waals surface area contributed by atoms with E-state index >= 15 is 0 Å². The lowest BCUT2D eigenvalue weighted by Gasteiger charge is -2.40. The zero-order valence-electron chi connectivity index (χ0n) is 27.7. The van der Waals surface area contributed by atoms with Crippen LogP contribution in [0, 0.1) is 23.2 Å². The maximum atomic E-state index is 14.4. The predicted molar refractivity (Wildman–Crippen MR) is 170 cm³/mol. The molecule has 2 heterocycles. The van der Waals surface area contributed by atoms with Gasteiger partial charge in [0.1, 0.15) is 12.1 Å². The minimum atomic E-state index is -1.08. The fourth-order valence-corrected chi connectivity index (χ4v) is 7.24. The molecule has 250 valence electrons. The van der Waals surface area contributed by atoms with Crippen LogP contribution in [0.15, 0.2) is 23.0 Å². The van der Waals surface area contributed by atoms with Gasteiger partial charge in [0.25, 0.3) is 5.91 Å². The number of nitrogens with two attached hydrogens (primary N) is 1. The Morgan fingerprint density at radius 2 is 1.71 bits per heavy atom. The smallest absolute Gasteiger partial charge is 0.315 e. The Labute approximate surface area is 267 Å². The van der Waals surface area contributed by atoms with E-state index in [9.17, 15) is 24.0 Å². The van der Waals surface area contributed by atoms with Gasteiger partial charge in [-0.15, -0.1) is 0 Å². The van der Waals surface area contributed by atoms with Crippen LogP contribution in [0.1, 0.15) is 104 Å². The summed E-state index contributed by atoms with van der Waals surface area (Å²) in [5.74, 6) is -2.27. The Kier molecular flexibility index (Phi) is 11.0. The third kappa shape index (κ3) is 9.10. The molecule has 2 saturated carbocycles. The predicted octanol–water partition coefficient (Wildman–Crippen LogP) is 3.84. The highest BCUT2D eigenvalue weighted by molar-refractivity contribution is 6.37. The maximum absolute atomic E-state index is 14.4. The van der Waals surface area contributed by atoms with Gasteiger partial charge in [0.2, 0.25) is 17.6 Å². The van der Waals surface area contributed by atoms with E-state index in [4.69, 9.17) is 10.2 Å². The lowest BCUT2D eigenvalue weighted by Crippen LogP contribution is -2.63. The van der Waals surface area contributed by atoms with Crippen LogP contribution < -0.4 is 21.7 Å². The summed E-state index contributed by atoms with van der Waals surface area (Å²) in [4.78, 5) is 68.0. The molecule has 3 fully saturated rings. The van der Waals surface area contributed by atoms with Gasteiger partial charge < -0.3 is 31.0 Å². The lowest BCUT2D eigenvalue weighted by atomic mass is 9.78. The van der Waals surface area contributed by atoms with Crippen LogP contribution in [0.5, 0.6) is 0 Å². The van der Waals surface area contributed by atoms with Crippen LogP contribution in [0.3, 0.4) is 0 Å². The average molecular weight is 628 g/mol. The van der Waals surface area contributed by atoms with Crippen LogP contribution in [0.4, 0.5) is 4.79 Å². The Morgan fingerprint density at radius 3 is 2.27 bits per heavy atom. The second-order valence-electron chi connectivity index (χ2n) is 15.2. The number of hydrogen-bond donors (Lipinski definition) is 4. The molecular formula is C34H53N5O6. The molecule has 1 aromatic rings. The number of hydrogen-bond acceptors (Lipinski definition) is 6. The van der Waals surface area contributed by atoms with Crippen LogP contribution in [-0.2, 0) is 25.6 Å². The van der Waals surface area contributed by atoms with Crippen molar-refractivity contribution in [1.29, 1.82) is 0 Å². The number of furan rings is 1. The van der Waals surface area contributed by atoms with Crippen LogP contribution in [-0.4, -0.2) is 64.6 Å². The minimum Gasteiger partial charge on any atom is -0.472 e. The Morgan fingerprint density at radius 1 is 1.02 bits per heavy atom. The molecule has 45 heavy (non-hydrogen) atoms. The molecule has 2 aliphatic carbocycles. The van der Waals surface area contributed by atoms with Gasteiger partial charge >= 0.3 is 6.03 Å². The molecule has 1 aromatic heterocycles. The molecular weight excluding hydrogens is 574 g/mol. The number of likely N-dealkylation sites (tertiary alicyclic amines) is 1. The molecule has 5 N–H and O–H groups in total. The molecule has 4 rings (SSSR count). The van der Waals surface area contributed by atoms with Gasteiger partial charge in [-0.05, 0) is 73.3 Å². The average Bonchev–Trinajstić information content (AvgIpc) is 3.44. The van der Waals surface area contributed by atoms with Crippen molar-refractivity contribution in [3.63, 3.8) is 0 Å². The van der Waals surface area contributed by atoms with Crippen molar-refractivity contribution in [1.82, 2.24) is 20.9 Å². The topological polar surface area (TPSA) is 164 Å². The molecule has 0 bridgehead atoms. The van der Waals surface area contributed by atoms with Crippen molar-refractivity contribution in [2.24, 2.45) is 28.9 Å². The molecule has 1 unspecified atom stereocenters. The molecule has 0 aromatic carbocycles. The largest absolute Gasteiger partial charge is 0.472 e. The summed E-state index contributed by atoms with van der Waals surface area (Å²) in [6.45, 7) is 10.2. The summed E-state index contributed by atoms with van der Waals surface area (Å²) in [5, 5.41) is 9.04. The molecule has 0 radical (unpaired) electrons. The molecule has 1 aliphatic heterocycles. The standard InChI is InChI=1S/C34H53N5O6/c1-21(2)17-24-11-15-39(26(24)30(42)36-25(18-22-9-10-22)27(40)29(35)41)31(43)28(33(3,4)5)37-32(44)38-34(13-7-6-8-14-34)19-23-12-16-45-20-23/h12,16,20-22,24-26,28H,6-11,13-15,17-19H2,1-5H3,(H2,35,41)(H,36,42)(H2,37,38,44)/t24-,25?,26+,28-/m1/s1. The molecule has 4 atom stereocenters. The Balaban J connectivity index is 1.54. The molecule has 0 spiro atoms. The van der Waals surface area contributed by atoms with Gasteiger partial charge in [-0.2, -0.15) is 0 Å². The number of ketones is 1. The summed E-state index contributed by atoms with van der Waals surface area (Å²) in [6.07, 6.45) is 12.3. The summed E-state index contributed by atoms with van der Waals surface area (Å²) >= 11 is 0. The highest BCUT2D eigenvalue weighted by atomic mass is 16.3. The second kappa shape index (κ2) is 14.4. The zero-order valence-corrected chi connectivity index (χ0v) is 27.7. The number of nitrogens with zero attached hydrogens (tertiary/aromatic N) is 1. The van der Waals surface area contributed by atoms with E-state index in [0.717, 1.165) is 50.5 Å². The van der Waals surface area contributed by atoms with E-state index in [1.807, 2.05) is 26.8 Å². The number of primary amides is 1. The Bertz CT molecular complexity index is 1210. The van der Waals surface area contributed by atoms with Crippen LogP contribution in [0.25, 0.3) is 0 Å². The summed E-state index contributed by atoms with van der Waals surface area (Å²) in [7, 11) is 0. The number of Topliss-reactive ketones (excluding diaryl/α,β-unsaturated/α-hetero) is 1. The van der Waals surface area contributed by atoms with Gasteiger partial charge in [-0.25, -0.2) is 4.79 Å². The second-order valence-corrected chi connectivity index (χ2v) is 15.2. The van der Waals surface area contributed by atoms with Crippen LogP contribution in [0.2, 0.25) is 0 Å². The van der Waals surface area contributed by atoms with E-state index < -0.39 is 52.7 Å². The van der Waals surface area contributed by atoms with E-state index in [2.05, 4.69) is 29.8 Å². The Hall–Kier alpha value is -3.37. The number of urea groups is 1. The van der Waals surface area contributed by atoms with E-state index in [-0.39, 0.29) is 23.7 Å². The maximum Gasteiger partial charge on any atom is 0.315 e. The number of amides is 5. The number of nitrogens with one attached hydrogen (secondary N) is 3. The first-order chi connectivity index (χ1) is 21.2. The van der Waals surface area contributed by atoms with Crippen LogP contribution >= 0.6 is 0 Å². The van der Waals surface area contributed by atoms with Crippen molar-refractivity contribution in [3.05, 3.63) is 24.2 Å². The summed E-state index contributed by atoms with van der Waals surface area (Å²) < 4.78 is 5.28. The first kappa shape index (κ1) is 34.5. The zero-order chi connectivity index (χ0) is 32.9. The monoisotopic (exact) mass is 627 g/mol. The van der Waals surface area contributed by atoms with Crippen molar-refractivity contribution in [3.8, 4) is 0 Å². The third-order valence-corrected chi connectivity index (χ3v) is 9.69. The summed E-state index contributed by atoms with van der Waals surface area (Å²) in [6, 6.07) is -1.25. The van der Waals surface area contributed by atoms with Gasteiger partial charge in [-0.3, -0.25) is 19.2 Å². The molecule has 11 heteroatoms. The molecule has 1 saturated heterocycles. The quantitative estimate of drug-likeness (QED) is 0.243. The van der Waals surface area contributed by atoms with Crippen molar-refractivity contribution < 1.29 is 28.4 Å². The fourth-order valence-electron chi connectivity index (χ4n) is 7.24. The van der Waals surface area contributed by atoms with Gasteiger partial charge in [-0.1, -0.05) is 66.7 Å². The SMILES string of the molecule is CC(C)C[C@H]1CCN(C(=O)[C@@H](NC(=O)NC2(Cc3ccoc3)CCCCC2)C(C)(C)C)[C@@H]1C(=O)NC(CC1CC1)C(=O)C(N)=O. The number of rotatable bonds is 13. The molecule has 3 aliphatic rings. The van der Waals surface area contributed by atoms with Gasteiger partial charge in [0.15, 0.2) is 0 Å². The highest BCUT2D eigenvalue weighted by Gasteiger charge is 2.47. The molecule has 5 amide bonds. The van der Waals surface area contributed by atoms with Crippen molar-refractivity contribution in [2.75, 3.05) is 6.54 Å². The first-order valence-electron chi connectivity index (χ1n) is 16.7. The normalized spacial score (nSPS) is 22.8. The van der Waals surface area contributed by atoms with E-state index in [0.29, 0.717) is 32.2 Å². The highest BCUT2D eigenvalue weighted by Crippen LogP contribution is 2.36. The fraction of sp³-hybridized carbons (Fsp3) is 0.735. The van der Waals surface area contributed by atoms with Gasteiger partial charge in [0.05, 0.1) is 18.6 Å². The van der Waals surface area contributed by atoms with Crippen molar-refractivity contribution in [2.45, 2.75) is 129 Å². The summed E-state index contributed by atoms with van der Waals surface area (Å²) in [5.41, 5.74) is 5.23. The lowest BCUT2D eigenvalue weighted by molar-refractivity contribution is -0.144.